The summed E-state index contributed by atoms with van der Waals surface area (Å²) in [6, 6.07) is 8.45. The Bertz CT molecular complexity index is 687. The first-order valence-corrected chi connectivity index (χ1v) is 7.75. The number of hydrogen-bond donors (Lipinski definition) is 1. The van der Waals surface area contributed by atoms with E-state index in [1.165, 1.54) is 18.5 Å². The first-order chi connectivity index (χ1) is 10.3. The van der Waals surface area contributed by atoms with Gasteiger partial charge in [-0.2, -0.15) is 0 Å². The topological polar surface area (TPSA) is 45.2 Å². The number of nitrogens with one attached hydrogen (secondary N) is 1. The zero-order chi connectivity index (χ0) is 14.2. The molecule has 4 nitrogen and oxygen atoms in total. The van der Waals surface area contributed by atoms with Crippen molar-refractivity contribution >= 4 is 28.2 Å². The molecular weight excluding hydrogens is 262 g/mol. The third-order valence-corrected chi connectivity index (χ3v) is 4.38. The average molecular weight is 281 g/mol. The van der Waals surface area contributed by atoms with Gasteiger partial charge in [-0.25, -0.2) is 4.98 Å². The van der Waals surface area contributed by atoms with Gasteiger partial charge in [-0.05, 0) is 49.3 Å². The lowest BCUT2D eigenvalue weighted by Gasteiger charge is -2.18. The van der Waals surface area contributed by atoms with Crippen molar-refractivity contribution in [1.29, 1.82) is 0 Å². The van der Waals surface area contributed by atoms with Gasteiger partial charge < -0.3 is 10.2 Å². The minimum atomic E-state index is 0.107. The van der Waals surface area contributed by atoms with Gasteiger partial charge in [0, 0.05) is 36.3 Å². The molecule has 4 heteroatoms. The highest BCUT2D eigenvalue weighted by Crippen LogP contribution is 2.30. The first-order valence-electron chi connectivity index (χ1n) is 7.75. The highest BCUT2D eigenvalue weighted by Gasteiger charge is 2.29. The molecule has 0 radical (unpaired) electrons. The second-order valence-electron chi connectivity index (χ2n) is 6.06. The van der Waals surface area contributed by atoms with Gasteiger partial charge in [-0.3, -0.25) is 4.79 Å². The van der Waals surface area contributed by atoms with Crippen molar-refractivity contribution in [3.8, 4) is 0 Å². The van der Waals surface area contributed by atoms with Crippen molar-refractivity contribution in [2.24, 2.45) is 5.92 Å². The van der Waals surface area contributed by atoms with Crippen molar-refractivity contribution in [2.75, 3.05) is 23.3 Å². The SMILES string of the molecule is O=C(Nc1cc2ccc(N3CCCC3)cc2cn1)C1CC1. The zero-order valence-electron chi connectivity index (χ0n) is 12.0. The summed E-state index contributed by atoms with van der Waals surface area (Å²) in [5.41, 5.74) is 1.27. The highest BCUT2D eigenvalue weighted by molar-refractivity contribution is 5.95. The minimum absolute atomic E-state index is 0.107. The fourth-order valence-electron chi connectivity index (χ4n) is 2.94. The molecule has 1 aromatic heterocycles. The second-order valence-corrected chi connectivity index (χ2v) is 6.06. The van der Waals surface area contributed by atoms with Gasteiger partial charge in [-0.15, -0.1) is 0 Å². The van der Waals surface area contributed by atoms with E-state index in [1.54, 1.807) is 0 Å². The van der Waals surface area contributed by atoms with Crippen LogP contribution in [0.3, 0.4) is 0 Å². The van der Waals surface area contributed by atoms with Gasteiger partial charge in [0.1, 0.15) is 5.82 Å². The van der Waals surface area contributed by atoms with Gasteiger partial charge in [0.2, 0.25) is 5.91 Å². The van der Waals surface area contributed by atoms with Gasteiger partial charge in [0.05, 0.1) is 0 Å². The molecule has 1 N–H and O–H groups in total. The fourth-order valence-corrected chi connectivity index (χ4v) is 2.94. The molecule has 0 atom stereocenters. The maximum absolute atomic E-state index is 11.8. The number of amides is 1. The van der Waals surface area contributed by atoms with Crippen LogP contribution in [0.25, 0.3) is 10.8 Å². The average Bonchev–Trinajstić information content (AvgIpc) is 3.22. The van der Waals surface area contributed by atoms with Crippen molar-refractivity contribution in [3.63, 3.8) is 0 Å². The van der Waals surface area contributed by atoms with Crippen LogP contribution in [-0.4, -0.2) is 24.0 Å². The molecule has 2 aliphatic rings. The summed E-state index contributed by atoms with van der Waals surface area (Å²) < 4.78 is 0. The molecule has 0 unspecified atom stereocenters. The smallest absolute Gasteiger partial charge is 0.228 e. The lowest BCUT2D eigenvalue weighted by atomic mass is 10.1. The number of carbonyl (C=O) groups excluding carboxylic acids is 1. The second kappa shape index (κ2) is 5.02. The van der Waals surface area contributed by atoms with Gasteiger partial charge in [-0.1, -0.05) is 6.07 Å². The van der Waals surface area contributed by atoms with E-state index in [-0.39, 0.29) is 11.8 Å². The molecule has 1 aliphatic heterocycles. The van der Waals surface area contributed by atoms with E-state index < -0.39 is 0 Å². The lowest BCUT2D eigenvalue weighted by molar-refractivity contribution is -0.117. The van der Waals surface area contributed by atoms with Crippen molar-refractivity contribution in [1.82, 2.24) is 4.98 Å². The molecule has 1 aromatic carbocycles. The molecule has 1 saturated carbocycles. The molecule has 21 heavy (non-hydrogen) atoms. The predicted octanol–water partition coefficient (Wildman–Crippen LogP) is 3.18. The van der Waals surface area contributed by atoms with Crippen molar-refractivity contribution in [3.05, 3.63) is 30.5 Å². The van der Waals surface area contributed by atoms with E-state index in [0.717, 1.165) is 36.7 Å². The maximum atomic E-state index is 11.8. The number of carbonyl (C=O) groups is 1. The summed E-state index contributed by atoms with van der Waals surface area (Å²) in [5, 5.41) is 5.16. The summed E-state index contributed by atoms with van der Waals surface area (Å²) in [7, 11) is 0. The van der Waals surface area contributed by atoms with E-state index in [2.05, 4.69) is 33.4 Å². The van der Waals surface area contributed by atoms with Crippen LogP contribution in [0.4, 0.5) is 11.5 Å². The van der Waals surface area contributed by atoms with Crippen molar-refractivity contribution in [2.45, 2.75) is 25.7 Å². The number of aromatic nitrogens is 1. The molecule has 0 spiro atoms. The Labute approximate surface area is 124 Å². The third kappa shape index (κ3) is 2.58. The maximum Gasteiger partial charge on any atom is 0.228 e. The van der Waals surface area contributed by atoms with Gasteiger partial charge in [0.25, 0.3) is 0 Å². The van der Waals surface area contributed by atoms with E-state index in [0.29, 0.717) is 5.82 Å². The molecule has 1 amide bonds. The van der Waals surface area contributed by atoms with Crippen LogP contribution < -0.4 is 10.2 Å². The Morgan fingerprint density at radius 2 is 1.95 bits per heavy atom. The quantitative estimate of drug-likeness (QED) is 0.939. The molecule has 108 valence electrons. The molecule has 2 aromatic rings. The monoisotopic (exact) mass is 281 g/mol. The van der Waals surface area contributed by atoms with Crippen LogP contribution in [0.1, 0.15) is 25.7 Å². The van der Waals surface area contributed by atoms with Crippen LogP contribution in [0.15, 0.2) is 30.5 Å². The summed E-state index contributed by atoms with van der Waals surface area (Å²) in [6.07, 6.45) is 6.44. The number of nitrogens with zero attached hydrogens (tertiary/aromatic N) is 2. The number of fused-ring (bicyclic) bond motifs is 1. The molecule has 1 saturated heterocycles. The number of rotatable bonds is 3. The first kappa shape index (κ1) is 12.6. The third-order valence-electron chi connectivity index (χ3n) is 4.38. The zero-order valence-corrected chi connectivity index (χ0v) is 12.0. The largest absolute Gasteiger partial charge is 0.372 e. The Balaban J connectivity index is 1.59. The molecular formula is C17H19N3O. The predicted molar refractivity (Wildman–Crippen MR) is 84.5 cm³/mol. The van der Waals surface area contributed by atoms with E-state index in [4.69, 9.17) is 0 Å². The molecule has 2 fully saturated rings. The molecule has 4 rings (SSSR count). The Morgan fingerprint density at radius 1 is 1.14 bits per heavy atom. The van der Waals surface area contributed by atoms with Crippen LogP contribution in [0, 0.1) is 5.92 Å². The molecule has 2 heterocycles. The lowest BCUT2D eigenvalue weighted by Crippen LogP contribution is -2.17. The molecule has 1 aliphatic carbocycles. The number of pyridine rings is 1. The van der Waals surface area contributed by atoms with E-state index >= 15 is 0 Å². The fraction of sp³-hybridized carbons (Fsp3) is 0.412. The highest BCUT2D eigenvalue weighted by atomic mass is 16.2. The van der Waals surface area contributed by atoms with E-state index in [9.17, 15) is 4.79 Å². The van der Waals surface area contributed by atoms with E-state index in [1.807, 2.05) is 12.3 Å². The summed E-state index contributed by atoms with van der Waals surface area (Å²) in [6.45, 7) is 2.29. The summed E-state index contributed by atoms with van der Waals surface area (Å²) in [4.78, 5) is 18.6. The number of anilines is 2. The molecule has 0 bridgehead atoms. The standard InChI is InChI=1S/C17H19N3O/c21-17(12-3-4-12)19-16-10-13-5-6-15(9-14(13)11-18-16)20-7-1-2-8-20/h5-6,9-12H,1-4,7-8H2,(H,18,19,21). The van der Waals surface area contributed by atoms with Crippen LogP contribution in [0.2, 0.25) is 0 Å². The van der Waals surface area contributed by atoms with Gasteiger partial charge in [0.15, 0.2) is 0 Å². The van der Waals surface area contributed by atoms with Crippen LogP contribution in [0.5, 0.6) is 0 Å². The summed E-state index contributed by atoms with van der Waals surface area (Å²) >= 11 is 0. The number of benzene rings is 1. The summed E-state index contributed by atoms with van der Waals surface area (Å²) in [5.74, 6) is 0.976. The normalized spacial score (nSPS) is 18.2. The van der Waals surface area contributed by atoms with Crippen LogP contribution >= 0.6 is 0 Å². The Hall–Kier alpha value is -2.10. The van der Waals surface area contributed by atoms with Crippen LogP contribution in [-0.2, 0) is 4.79 Å². The number of hydrogen-bond acceptors (Lipinski definition) is 3. The van der Waals surface area contributed by atoms with Gasteiger partial charge >= 0.3 is 0 Å². The van der Waals surface area contributed by atoms with Crippen molar-refractivity contribution < 1.29 is 4.79 Å². The Kier molecular flexibility index (Phi) is 3.02. The Morgan fingerprint density at radius 3 is 2.71 bits per heavy atom. The minimum Gasteiger partial charge on any atom is -0.372 e.